The van der Waals surface area contributed by atoms with Crippen molar-refractivity contribution in [3.63, 3.8) is 0 Å². The van der Waals surface area contributed by atoms with E-state index in [1.54, 1.807) is 19.2 Å². The SMILES string of the molecule is CCc1ncccc1-c1c2c3cc(ccc3n1CC)-c1cc(O)cc(c1)C[C@H](NC(=O)[C@H](C(C)C)N(C)C(=O)CNC1=NCCO1)C(=O)N1CCC[C@H](N1)C(=O)OCC(C)(C)C2. The first-order chi connectivity index (χ1) is 29.7. The number of rotatable bonds is 9. The maximum atomic E-state index is 14.6. The molecule has 3 atom stereocenters. The fraction of sp³-hybridized carbons (Fsp3) is 0.489. The summed E-state index contributed by atoms with van der Waals surface area (Å²) in [5, 5.41) is 19.5. The number of aliphatic imine (C=N–C) groups is 1. The van der Waals surface area contributed by atoms with Crippen molar-refractivity contribution in [2.24, 2.45) is 16.3 Å². The van der Waals surface area contributed by atoms with Gasteiger partial charge >= 0.3 is 5.97 Å². The molecule has 0 spiro atoms. The molecule has 330 valence electrons. The molecule has 3 aliphatic heterocycles. The highest BCUT2D eigenvalue weighted by Gasteiger charge is 2.38. The van der Waals surface area contributed by atoms with Crippen LogP contribution < -0.4 is 16.1 Å². The zero-order valence-corrected chi connectivity index (χ0v) is 36.9. The van der Waals surface area contributed by atoms with Crippen LogP contribution in [0.5, 0.6) is 5.75 Å². The van der Waals surface area contributed by atoms with Gasteiger partial charge in [-0.15, -0.1) is 0 Å². The molecule has 6 bridgehead atoms. The number of carbonyl (C=O) groups is 4. The number of amides is 3. The molecule has 0 saturated carbocycles. The first kappa shape index (κ1) is 44.1. The van der Waals surface area contributed by atoms with E-state index in [-0.39, 0.29) is 43.2 Å². The topological polar surface area (TPSA) is 180 Å². The number of phenols is 1. The first-order valence-corrected chi connectivity index (χ1v) is 21.8. The Bertz CT molecular complexity index is 2370. The van der Waals surface area contributed by atoms with Gasteiger partial charge in [0.2, 0.25) is 11.8 Å². The van der Waals surface area contributed by atoms with E-state index >= 15 is 0 Å². The molecule has 62 heavy (non-hydrogen) atoms. The van der Waals surface area contributed by atoms with Crippen molar-refractivity contribution >= 4 is 40.6 Å². The lowest BCUT2D eigenvalue weighted by atomic mass is 9.84. The number of amidine groups is 1. The van der Waals surface area contributed by atoms with Crippen LogP contribution in [0, 0.1) is 11.3 Å². The number of pyridine rings is 1. The Morgan fingerprint density at radius 3 is 2.61 bits per heavy atom. The summed E-state index contributed by atoms with van der Waals surface area (Å²) >= 11 is 0. The Morgan fingerprint density at radius 1 is 1.08 bits per heavy atom. The van der Waals surface area contributed by atoms with Crippen LogP contribution in [0.1, 0.15) is 71.2 Å². The van der Waals surface area contributed by atoms with Gasteiger partial charge in [-0.3, -0.25) is 29.2 Å². The predicted octanol–water partition coefficient (Wildman–Crippen LogP) is 4.77. The summed E-state index contributed by atoms with van der Waals surface area (Å²) in [7, 11) is 1.56. The molecule has 15 heteroatoms. The zero-order chi connectivity index (χ0) is 44.3. The summed E-state index contributed by atoms with van der Waals surface area (Å²) in [5.41, 5.74) is 10.1. The van der Waals surface area contributed by atoms with Gasteiger partial charge in [0.15, 0.2) is 0 Å². The minimum Gasteiger partial charge on any atom is -0.508 e. The maximum Gasteiger partial charge on any atom is 0.324 e. The van der Waals surface area contributed by atoms with Crippen LogP contribution in [-0.2, 0) is 54.5 Å². The smallest absolute Gasteiger partial charge is 0.324 e. The van der Waals surface area contributed by atoms with E-state index in [0.717, 1.165) is 51.0 Å². The maximum absolute atomic E-state index is 14.6. The number of esters is 1. The molecular weight excluding hydrogens is 789 g/mol. The molecule has 0 unspecified atom stereocenters. The molecule has 3 aliphatic rings. The van der Waals surface area contributed by atoms with E-state index in [1.165, 1.54) is 9.91 Å². The second kappa shape index (κ2) is 18.6. The lowest BCUT2D eigenvalue weighted by Crippen LogP contribution is -2.62. The summed E-state index contributed by atoms with van der Waals surface area (Å²) in [6, 6.07) is 13.1. The predicted molar refractivity (Wildman–Crippen MR) is 237 cm³/mol. The molecule has 2 aromatic carbocycles. The number of phenolic OH excluding ortho intramolecular Hbond substituents is 1. The Hall–Kier alpha value is -5.96. The third-order valence-electron chi connectivity index (χ3n) is 12.0. The second-order valence-electron chi connectivity index (χ2n) is 17.7. The highest BCUT2D eigenvalue weighted by atomic mass is 16.5. The van der Waals surface area contributed by atoms with Crippen molar-refractivity contribution in [3.05, 3.63) is 71.5 Å². The number of cyclic esters (lactones) is 1. The van der Waals surface area contributed by atoms with Crippen molar-refractivity contribution in [2.45, 2.75) is 98.3 Å². The zero-order valence-electron chi connectivity index (χ0n) is 36.9. The van der Waals surface area contributed by atoms with Crippen LogP contribution in [0.4, 0.5) is 0 Å². The minimum atomic E-state index is -1.14. The number of likely N-dealkylation sites (N-methyl/N-ethyl adjacent to an activating group) is 1. The van der Waals surface area contributed by atoms with Crippen LogP contribution in [0.3, 0.4) is 0 Å². The van der Waals surface area contributed by atoms with Gasteiger partial charge in [-0.25, -0.2) is 10.4 Å². The number of aromatic nitrogens is 2. The van der Waals surface area contributed by atoms with E-state index in [1.807, 2.05) is 38.2 Å². The molecule has 0 aliphatic carbocycles. The largest absolute Gasteiger partial charge is 0.508 e. The number of carbonyl (C=O) groups excluding carboxylic acids is 4. The Kier molecular flexibility index (Phi) is 13.2. The van der Waals surface area contributed by atoms with Crippen LogP contribution in [0.25, 0.3) is 33.3 Å². The molecule has 1 fully saturated rings. The molecule has 3 amide bonds. The Balaban J connectivity index is 1.30. The highest BCUT2D eigenvalue weighted by Crippen LogP contribution is 2.41. The number of hydrazine groups is 1. The highest BCUT2D eigenvalue weighted by molar-refractivity contribution is 5.96. The van der Waals surface area contributed by atoms with Gasteiger partial charge in [0.05, 0.1) is 25.4 Å². The van der Waals surface area contributed by atoms with E-state index in [9.17, 15) is 24.3 Å². The van der Waals surface area contributed by atoms with E-state index < -0.39 is 41.3 Å². The monoisotopic (exact) mass is 848 g/mol. The fourth-order valence-corrected chi connectivity index (χ4v) is 9.00. The second-order valence-corrected chi connectivity index (χ2v) is 17.7. The Morgan fingerprint density at radius 2 is 1.89 bits per heavy atom. The summed E-state index contributed by atoms with van der Waals surface area (Å²) < 4.78 is 13.8. The quantitative estimate of drug-likeness (QED) is 0.172. The summed E-state index contributed by atoms with van der Waals surface area (Å²) in [6.07, 6.45) is 4.17. The van der Waals surface area contributed by atoms with E-state index in [0.29, 0.717) is 51.1 Å². The number of nitrogens with one attached hydrogen (secondary N) is 3. The van der Waals surface area contributed by atoms with Gasteiger partial charge < -0.3 is 34.7 Å². The molecule has 7 rings (SSSR count). The molecule has 5 heterocycles. The van der Waals surface area contributed by atoms with Crippen LogP contribution in [0.2, 0.25) is 0 Å². The van der Waals surface area contributed by atoms with E-state index in [2.05, 4.69) is 71.5 Å². The molecule has 2 aromatic heterocycles. The number of nitrogens with zero attached hydrogens (tertiary/aromatic N) is 5. The molecule has 0 radical (unpaired) electrons. The van der Waals surface area contributed by atoms with Crippen molar-refractivity contribution < 1.29 is 33.8 Å². The van der Waals surface area contributed by atoms with Gasteiger partial charge in [-0.05, 0) is 97.2 Å². The fourth-order valence-electron chi connectivity index (χ4n) is 9.00. The summed E-state index contributed by atoms with van der Waals surface area (Å²) in [5.74, 6) is -2.11. The number of aromatic hydroxyl groups is 1. The van der Waals surface area contributed by atoms with Crippen molar-refractivity contribution in [3.8, 4) is 28.1 Å². The summed E-state index contributed by atoms with van der Waals surface area (Å²) in [4.78, 5) is 66.4. The summed E-state index contributed by atoms with van der Waals surface area (Å²) in [6.45, 7) is 14.0. The Labute approximate surface area is 363 Å². The average molecular weight is 849 g/mol. The lowest BCUT2D eigenvalue weighted by Gasteiger charge is -2.36. The van der Waals surface area contributed by atoms with Gasteiger partial charge in [0, 0.05) is 60.3 Å². The number of fused-ring (bicyclic) bond motifs is 6. The number of ether oxygens (including phenoxy) is 2. The van der Waals surface area contributed by atoms with Gasteiger partial charge in [-0.1, -0.05) is 46.8 Å². The van der Waals surface area contributed by atoms with Gasteiger partial charge in [0.1, 0.15) is 30.5 Å². The molecule has 1 saturated heterocycles. The van der Waals surface area contributed by atoms with Crippen molar-refractivity contribution in [2.75, 3.05) is 39.9 Å². The van der Waals surface area contributed by atoms with Crippen LogP contribution in [0.15, 0.2) is 59.7 Å². The number of hydrogen-bond donors (Lipinski definition) is 4. The number of hydrogen-bond acceptors (Lipinski definition) is 11. The normalized spacial score (nSPS) is 19.6. The van der Waals surface area contributed by atoms with Crippen LogP contribution >= 0.6 is 0 Å². The van der Waals surface area contributed by atoms with E-state index in [4.69, 9.17) is 14.5 Å². The lowest BCUT2D eigenvalue weighted by molar-refractivity contribution is -0.155. The van der Waals surface area contributed by atoms with Crippen molar-refractivity contribution in [1.82, 2.24) is 35.5 Å². The van der Waals surface area contributed by atoms with Gasteiger partial charge in [0.25, 0.3) is 11.9 Å². The number of benzene rings is 2. The minimum absolute atomic E-state index is 0.00767. The molecule has 4 N–H and O–H groups in total. The van der Waals surface area contributed by atoms with Crippen molar-refractivity contribution in [1.29, 1.82) is 0 Å². The molecule has 15 nitrogen and oxygen atoms in total. The molecular formula is C47H60N8O7. The van der Waals surface area contributed by atoms with Crippen LogP contribution in [-0.4, -0.2) is 112 Å². The average Bonchev–Trinajstić information content (AvgIpc) is 3.89. The van der Waals surface area contributed by atoms with Gasteiger partial charge in [-0.2, -0.15) is 0 Å². The standard InChI is InChI=1S/C47H60N8O7/c1-8-36-33(12-10-16-48-36)42-35-25-47(5,6)27-62-45(60)37-13-11-18-55(52-37)44(59)38(51-43(58)41(28(3)4)53(7)40(57)26-50-46-49-17-19-61-46)22-29-20-31(23-32(56)21-29)30-14-15-39(34(35)24-30)54(42)9-2/h10,12,14-16,20-21,23-24,28,37-38,41,52,56H,8-9,11,13,17-19,22,25-27H2,1-7H3,(H,49,50)(H,51,58)/t37-,38-,41-/m0/s1. The number of aryl methyl sites for hydroxylation is 2. The third kappa shape index (κ3) is 9.42. The molecule has 4 aromatic rings. The first-order valence-electron chi connectivity index (χ1n) is 21.8. The third-order valence-corrected chi connectivity index (χ3v) is 12.0.